The number of nitrogen functional groups attached to an aromatic ring is 1. The molecule has 0 aliphatic rings. The molecule has 0 saturated carbocycles. The van der Waals surface area contributed by atoms with Gasteiger partial charge in [0.15, 0.2) is 0 Å². The summed E-state index contributed by atoms with van der Waals surface area (Å²) in [6.45, 7) is 4.27. The normalized spacial score (nSPS) is 11.4. The van der Waals surface area contributed by atoms with E-state index < -0.39 is 0 Å². The zero-order valence-corrected chi connectivity index (χ0v) is 17.3. The first-order chi connectivity index (χ1) is 14.5. The van der Waals surface area contributed by atoms with Crippen molar-refractivity contribution in [2.75, 3.05) is 5.73 Å². The fraction of sp³-hybridized carbons (Fsp3) is 0.160. The Balaban J connectivity index is 1.54. The predicted molar refractivity (Wildman–Crippen MR) is 122 cm³/mol. The summed E-state index contributed by atoms with van der Waals surface area (Å²) in [5.74, 6) is 0.498. The van der Waals surface area contributed by atoms with Crippen LogP contribution in [-0.4, -0.2) is 19.5 Å². The van der Waals surface area contributed by atoms with Gasteiger partial charge in [-0.2, -0.15) is 0 Å². The maximum absolute atomic E-state index is 6.16. The van der Waals surface area contributed by atoms with Gasteiger partial charge >= 0.3 is 0 Å². The Kier molecular flexibility index (Phi) is 4.24. The van der Waals surface area contributed by atoms with Crippen LogP contribution in [0.2, 0.25) is 0 Å². The molecule has 0 bridgehead atoms. The quantitative estimate of drug-likeness (QED) is 0.470. The number of pyridine rings is 1. The van der Waals surface area contributed by atoms with E-state index >= 15 is 0 Å². The van der Waals surface area contributed by atoms with Gasteiger partial charge in [-0.05, 0) is 42.5 Å². The summed E-state index contributed by atoms with van der Waals surface area (Å²) in [6, 6.07) is 15.3. The minimum Gasteiger partial charge on any atom is -0.383 e. The maximum Gasteiger partial charge on any atom is 0.145 e. The van der Waals surface area contributed by atoms with Crippen LogP contribution < -0.4 is 5.73 Å². The molecule has 0 fully saturated rings. The summed E-state index contributed by atoms with van der Waals surface area (Å²) in [5.41, 5.74) is 14.0. The molecule has 0 saturated heterocycles. The molecular weight excluding hydrogens is 370 g/mol. The van der Waals surface area contributed by atoms with Gasteiger partial charge in [-0.1, -0.05) is 41.5 Å². The largest absolute Gasteiger partial charge is 0.383 e. The Morgan fingerprint density at radius 2 is 1.70 bits per heavy atom. The van der Waals surface area contributed by atoms with E-state index in [9.17, 15) is 0 Å². The van der Waals surface area contributed by atoms with Gasteiger partial charge < -0.3 is 10.3 Å². The molecule has 5 rings (SSSR count). The number of nitrogens with two attached hydrogens (primary N) is 1. The fourth-order valence-electron chi connectivity index (χ4n) is 4.29. The van der Waals surface area contributed by atoms with Crippen molar-refractivity contribution in [3.63, 3.8) is 0 Å². The van der Waals surface area contributed by atoms with Crippen molar-refractivity contribution in [1.82, 2.24) is 19.5 Å². The third kappa shape index (κ3) is 3.18. The van der Waals surface area contributed by atoms with Crippen LogP contribution in [0.1, 0.15) is 22.4 Å². The van der Waals surface area contributed by atoms with E-state index in [4.69, 9.17) is 10.7 Å². The number of fused-ring (bicyclic) bond motifs is 2. The van der Waals surface area contributed by atoms with E-state index in [0.29, 0.717) is 5.82 Å². The summed E-state index contributed by atoms with van der Waals surface area (Å²) in [5, 5.41) is 3.17. The molecule has 3 heterocycles. The number of hydrogen-bond donors (Lipinski definition) is 1. The molecule has 30 heavy (non-hydrogen) atoms. The first kappa shape index (κ1) is 18.3. The Hall–Kier alpha value is -3.73. The van der Waals surface area contributed by atoms with Gasteiger partial charge in [-0.15, -0.1) is 0 Å². The van der Waals surface area contributed by atoms with E-state index in [1.165, 1.54) is 28.4 Å². The average molecular weight is 393 g/mol. The van der Waals surface area contributed by atoms with Crippen molar-refractivity contribution in [3.05, 3.63) is 83.6 Å². The van der Waals surface area contributed by atoms with Crippen molar-refractivity contribution < 1.29 is 0 Å². The Morgan fingerprint density at radius 1 is 0.900 bits per heavy atom. The van der Waals surface area contributed by atoms with Crippen LogP contribution in [0.3, 0.4) is 0 Å². The third-order valence-electron chi connectivity index (χ3n) is 5.54. The first-order valence-electron chi connectivity index (χ1n) is 10.00. The summed E-state index contributed by atoms with van der Waals surface area (Å²) < 4.78 is 1.98. The standard InChI is InChI=1S/C25H23N5/c1-15-6-16(2)8-17(7-15)9-21-11-18-4-5-19(10-20(18)12-27-21)22-13-30(3)25-23(22)24(26)28-14-29-25/h4-8,10-14H,9H2,1-3H3,(H2,26,28,29). The molecule has 0 aliphatic heterocycles. The SMILES string of the molecule is Cc1cc(C)cc(Cc2cc3ccc(-c4cn(C)c5ncnc(N)c45)cc3cn2)c1. The van der Waals surface area contributed by atoms with Gasteiger partial charge in [0.2, 0.25) is 0 Å². The molecule has 148 valence electrons. The number of aromatic nitrogens is 4. The van der Waals surface area contributed by atoms with E-state index in [2.05, 4.69) is 72.5 Å². The second-order valence-corrected chi connectivity index (χ2v) is 8.02. The number of aryl methyl sites for hydroxylation is 3. The van der Waals surface area contributed by atoms with E-state index in [1.54, 1.807) is 0 Å². The number of benzene rings is 2. The highest BCUT2D eigenvalue weighted by Gasteiger charge is 2.14. The summed E-state index contributed by atoms with van der Waals surface area (Å²) in [7, 11) is 1.97. The lowest BCUT2D eigenvalue weighted by molar-refractivity contribution is 0.945. The number of anilines is 1. The monoisotopic (exact) mass is 393 g/mol. The van der Waals surface area contributed by atoms with Crippen LogP contribution in [0.25, 0.3) is 32.9 Å². The predicted octanol–water partition coefficient (Wildman–Crippen LogP) is 4.97. The maximum atomic E-state index is 6.16. The lowest BCUT2D eigenvalue weighted by Crippen LogP contribution is -1.95. The molecule has 0 unspecified atom stereocenters. The summed E-state index contributed by atoms with van der Waals surface area (Å²) >= 11 is 0. The number of nitrogens with zero attached hydrogens (tertiary/aromatic N) is 4. The number of hydrogen-bond acceptors (Lipinski definition) is 4. The zero-order chi connectivity index (χ0) is 20.8. The van der Waals surface area contributed by atoms with Crippen LogP contribution in [0, 0.1) is 13.8 Å². The van der Waals surface area contributed by atoms with E-state index in [1.807, 2.05) is 17.8 Å². The second kappa shape index (κ2) is 6.95. The molecule has 0 spiro atoms. The van der Waals surface area contributed by atoms with Crippen molar-refractivity contribution in [2.24, 2.45) is 7.05 Å². The van der Waals surface area contributed by atoms with E-state index in [0.717, 1.165) is 39.7 Å². The van der Waals surface area contributed by atoms with Crippen LogP contribution in [0.4, 0.5) is 5.82 Å². The lowest BCUT2D eigenvalue weighted by atomic mass is 10.00. The fourth-order valence-corrected chi connectivity index (χ4v) is 4.29. The minimum absolute atomic E-state index is 0.498. The highest BCUT2D eigenvalue weighted by Crippen LogP contribution is 2.33. The van der Waals surface area contributed by atoms with Crippen LogP contribution >= 0.6 is 0 Å². The Bertz CT molecular complexity index is 1390. The smallest absolute Gasteiger partial charge is 0.145 e. The molecule has 0 atom stereocenters. The van der Waals surface area contributed by atoms with Gasteiger partial charge in [0, 0.05) is 42.5 Å². The minimum atomic E-state index is 0.498. The molecule has 5 heteroatoms. The zero-order valence-electron chi connectivity index (χ0n) is 17.3. The third-order valence-corrected chi connectivity index (χ3v) is 5.54. The lowest BCUT2D eigenvalue weighted by Gasteiger charge is -2.08. The molecule has 0 radical (unpaired) electrons. The molecule has 2 aromatic carbocycles. The highest BCUT2D eigenvalue weighted by molar-refractivity contribution is 6.02. The van der Waals surface area contributed by atoms with Gasteiger partial charge in [0.1, 0.15) is 17.8 Å². The molecule has 5 nitrogen and oxygen atoms in total. The molecule has 3 aromatic heterocycles. The summed E-state index contributed by atoms with van der Waals surface area (Å²) in [6.07, 6.45) is 6.35. The molecule has 2 N–H and O–H groups in total. The van der Waals surface area contributed by atoms with Gasteiger partial charge in [0.25, 0.3) is 0 Å². The van der Waals surface area contributed by atoms with Crippen LogP contribution in [0.15, 0.2) is 61.2 Å². The summed E-state index contributed by atoms with van der Waals surface area (Å²) in [4.78, 5) is 13.3. The van der Waals surface area contributed by atoms with Gasteiger partial charge in [-0.25, -0.2) is 9.97 Å². The van der Waals surface area contributed by atoms with Gasteiger partial charge in [0.05, 0.1) is 5.39 Å². The van der Waals surface area contributed by atoms with Crippen LogP contribution in [-0.2, 0) is 13.5 Å². The molecule has 0 amide bonds. The van der Waals surface area contributed by atoms with Crippen molar-refractivity contribution in [1.29, 1.82) is 0 Å². The van der Waals surface area contributed by atoms with E-state index in [-0.39, 0.29) is 0 Å². The molecular formula is C25H23N5. The molecule has 5 aromatic rings. The highest BCUT2D eigenvalue weighted by atomic mass is 15.0. The second-order valence-electron chi connectivity index (χ2n) is 8.02. The Labute approximate surface area is 175 Å². The van der Waals surface area contributed by atoms with Crippen LogP contribution in [0.5, 0.6) is 0 Å². The first-order valence-corrected chi connectivity index (χ1v) is 10.00. The van der Waals surface area contributed by atoms with Gasteiger partial charge in [-0.3, -0.25) is 4.98 Å². The number of rotatable bonds is 3. The Morgan fingerprint density at radius 3 is 2.50 bits per heavy atom. The molecule has 0 aliphatic carbocycles. The average Bonchev–Trinajstić information content (AvgIpc) is 3.05. The van der Waals surface area contributed by atoms with Crippen molar-refractivity contribution >= 4 is 27.6 Å². The van der Waals surface area contributed by atoms with Crippen molar-refractivity contribution in [2.45, 2.75) is 20.3 Å². The topological polar surface area (TPSA) is 69.6 Å². The van der Waals surface area contributed by atoms with Crippen molar-refractivity contribution in [3.8, 4) is 11.1 Å².